The first-order valence-electron chi connectivity index (χ1n) is 10.2. The van der Waals surface area contributed by atoms with E-state index in [4.69, 9.17) is 0 Å². The fraction of sp³-hybridized carbons (Fsp3) is 0. The summed E-state index contributed by atoms with van der Waals surface area (Å²) in [6.07, 6.45) is 0. The summed E-state index contributed by atoms with van der Waals surface area (Å²) in [6.45, 7) is 0. The van der Waals surface area contributed by atoms with Crippen LogP contribution in [0.25, 0.3) is 0 Å². The zero-order valence-electron chi connectivity index (χ0n) is 18.9. The van der Waals surface area contributed by atoms with E-state index in [2.05, 4.69) is 11.5 Å². The van der Waals surface area contributed by atoms with Crippen molar-refractivity contribution < 1.29 is 37.4 Å². The first kappa shape index (κ1) is 29.5. The lowest BCUT2D eigenvalue weighted by atomic mass is 10.3. The molecule has 0 spiro atoms. The average Bonchev–Trinajstić information content (AvgIpc) is 2.84. The molecule has 0 radical (unpaired) electrons. The Morgan fingerprint density at radius 2 is 0.833 bits per heavy atom. The minimum absolute atomic E-state index is 0.339. The number of benzene rings is 4. The van der Waals surface area contributed by atoms with Crippen LogP contribution in [0.15, 0.2) is 129 Å². The molecule has 0 aliphatic rings. The van der Waals surface area contributed by atoms with Crippen molar-refractivity contribution in [3.63, 3.8) is 0 Å². The summed E-state index contributed by atoms with van der Waals surface area (Å²) in [6, 6.07) is 30.7. The van der Waals surface area contributed by atoms with Crippen LogP contribution in [0.5, 0.6) is 0 Å². The molecule has 4 aromatic rings. The van der Waals surface area contributed by atoms with Crippen molar-refractivity contribution in [3.8, 4) is 0 Å². The summed E-state index contributed by atoms with van der Waals surface area (Å²) in [7, 11) is -6.78. The van der Waals surface area contributed by atoms with E-state index in [0.29, 0.717) is 9.79 Å². The Bertz CT molecular complexity index is 1340. The average molecular weight is 565 g/mol. The summed E-state index contributed by atoms with van der Waals surface area (Å²) < 4.78 is 65.6. The van der Waals surface area contributed by atoms with E-state index in [1.54, 1.807) is 12.1 Å². The number of hydrogen-bond donors (Lipinski definition) is 2. The third-order valence-corrected chi connectivity index (χ3v) is 8.15. The van der Waals surface area contributed by atoms with Crippen molar-refractivity contribution in [2.45, 2.75) is 19.6 Å². The summed E-state index contributed by atoms with van der Waals surface area (Å²) >= 11 is 0. The maximum absolute atomic E-state index is 10.9. The highest BCUT2D eigenvalue weighted by atomic mass is 33.1. The highest BCUT2D eigenvalue weighted by molar-refractivity contribution is 8.76. The van der Waals surface area contributed by atoms with E-state index in [9.17, 15) is 25.9 Å². The fourth-order valence-corrected chi connectivity index (χ4v) is 5.61. The molecule has 190 valence electrons. The third kappa shape index (κ3) is 11.4. The van der Waals surface area contributed by atoms with Gasteiger partial charge in [0.25, 0.3) is 0 Å². The number of hydrogen-bond acceptors (Lipinski definition) is 8. The summed E-state index contributed by atoms with van der Waals surface area (Å²) in [5, 5.41) is 0. The Labute approximate surface area is 218 Å². The zero-order chi connectivity index (χ0) is 26.6. The van der Waals surface area contributed by atoms with Gasteiger partial charge in [-0.1, -0.05) is 70.1 Å². The lowest BCUT2D eigenvalue weighted by molar-refractivity contribution is -0.255. The topological polar surface area (TPSA) is 170 Å². The van der Waals surface area contributed by atoms with Crippen LogP contribution in [0.3, 0.4) is 0 Å². The van der Waals surface area contributed by atoms with E-state index >= 15 is 0 Å². The van der Waals surface area contributed by atoms with Gasteiger partial charge >= 0.3 is 0 Å². The van der Waals surface area contributed by atoms with Gasteiger partial charge in [0, 0.05) is 9.79 Å². The molecule has 12 heteroatoms. The molecule has 0 saturated carbocycles. The van der Waals surface area contributed by atoms with E-state index in [1.165, 1.54) is 36.4 Å². The Morgan fingerprint density at radius 3 is 1.08 bits per heavy atom. The molecule has 4 rings (SSSR count). The van der Waals surface area contributed by atoms with E-state index in [1.807, 2.05) is 60.7 Å². The van der Waals surface area contributed by atoms with E-state index < -0.39 is 20.2 Å². The van der Waals surface area contributed by atoms with Gasteiger partial charge in [0.15, 0.2) is 0 Å². The molecule has 36 heavy (non-hydrogen) atoms. The second kappa shape index (κ2) is 14.2. The van der Waals surface area contributed by atoms with Crippen LogP contribution in [-0.2, 0) is 20.2 Å². The molecule has 0 saturated heterocycles. The molecule has 0 aliphatic heterocycles. The van der Waals surface area contributed by atoms with Crippen molar-refractivity contribution in [2.24, 2.45) is 0 Å². The van der Waals surface area contributed by atoms with E-state index in [0.717, 1.165) is 33.0 Å². The van der Waals surface area contributed by atoms with Crippen LogP contribution in [0, 0.1) is 0 Å². The Hall–Kier alpha value is -2.68. The molecule has 0 atom stereocenters. The van der Waals surface area contributed by atoms with Crippen molar-refractivity contribution >= 4 is 53.2 Å². The van der Waals surface area contributed by atoms with Crippen LogP contribution in [0.2, 0.25) is 0 Å². The van der Waals surface area contributed by atoms with Crippen molar-refractivity contribution in [1.29, 1.82) is 0 Å². The van der Waals surface area contributed by atoms with Gasteiger partial charge < -0.3 is 20.6 Å². The highest BCUT2D eigenvalue weighted by Gasteiger charge is 2.06. The molecule has 0 bridgehead atoms. The second-order valence-electron chi connectivity index (χ2n) is 7.00. The third-order valence-electron chi connectivity index (χ3n) is 4.11. The SMILES string of the molecule is O=S(=O)([O-])c1cccc(SSc2cccc(S(=O)(=O)[O-])c2)c1.[NH3+]c1ccccc1.[NH3+]c1ccccc1. The van der Waals surface area contributed by atoms with Gasteiger partial charge in [-0.25, -0.2) is 16.8 Å². The molecule has 0 aliphatic carbocycles. The molecule has 0 fully saturated rings. The first-order chi connectivity index (χ1) is 16.9. The van der Waals surface area contributed by atoms with Crippen LogP contribution in [0.1, 0.15) is 0 Å². The Kier molecular flexibility index (Phi) is 11.6. The maximum Gasteiger partial charge on any atom is 0.127 e. The normalized spacial score (nSPS) is 10.9. The van der Waals surface area contributed by atoms with Gasteiger partial charge in [0.05, 0.1) is 9.79 Å². The smallest absolute Gasteiger partial charge is 0.127 e. The van der Waals surface area contributed by atoms with Crippen molar-refractivity contribution in [2.75, 3.05) is 0 Å². The Morgan fingerprint density at radius 1 is 0.500 bits per heavy atom. The van der Waals surface area contributed by atoms with Gasteiger partial charge in [0.2, 0.25) is 0 Å². The molecule has 0 amide bonds. The summed E-state index contributed by atoms with van der Waals surface area (Å²) in [5.74, 6) is 0. The number of quaternary nitrogens is 2. The minimum Gasteiger partial charge on any atom is -0.744 e. The van der Waals surface area contributed by atoms with E-state index in [-0.39, 0.29) is 9.79 Å². The summed E-state index contributed by atoms with van der Waals surface area (Å²) in [5.41, 5.74) is 9.58. The van der Waals surface area contributed by atoms with Gasteiger partial charge in [-0.15, -0.1) is 0 Å². The Balaban J connectivity index is 0.000000262. The molecule has 4 aromatic carbocycles. The van der Waals surface area contributed by atoms with Crippen molar-refractivity contribution in [1.82, 2.24) is 0 Å². The highest BCUT2D eigenvalue weighted by Crippen LogP contribution is 2.38. The molecule has 6 N–H and O–H groups in total. The number of rotatable bonds is 5. The lowest BCUT2D eigenvalue weighted by Crippen LogP contribution is -2.39. The molecular weight excluding hydrogens is 541 g/mol. The molecule has 0 heterocycles. The molecule has 0 unspecified atom stereocenters. The van der Waals surface area contributed by atoms with Gasteiger partial charge in [0.1, 0.15) is 31.6 Å². The van der Waals surface area contributed by atoms with Crippen LogP contribution in [-0.4, -0.2) is 25.9 Å². The monoisotopic (exact) mass is 564 g/mol. The van der Waals surface area contributed by atoms with Crippen LogP contribution >= 0.6 is 21.6 Å². The molecular formula is C24H24N2O6S4. The van der Waals surface area contributed by atoms with Crippen LogP contribution in [0.4, 0.5) is 11.4 Å². The van der Waals surface area contributed by atoms with Gasteiger partial charge in [-0.2, -0.15) is 0 Å². The molecule has 0 aromatic heterocycles. The predicted octanol–water partition coefficient (Wildman–Crippen LogP) is 3.41. The van der Waals surface area contributed by atoms with Crippen LogP contribution < -0.4 is 11.5 Å². The molecule has 8 nitrogen and oxygen atoms in total. The van der Waals surface area contributed by atoms with Crippen molar-refractivity contribution in [3.05, 3.63) is 109 Å². The zero-order valence-corrected chi connectivity index (χ0v) is 22.2. The first-order valence-corrected chi connectivity index (χ1v) is 15.1. The minimum atomic E-state index is -4.53. The fourth-order valence-electron chi connectivity index (χ4n) is 2.42. The lowest BCUT2D eigenvalue weighted by Gasteiger charge is -2.09. The predicted molar refractivity (Wildman–Crippen MR) is 139 cm³/mol. The standard InChI is InChI=1S/C12H10O6S4.2C6H7N/c13-21(14,15)11-5-1-3-9(7-11)19-20-10-4-2-6-12(8-10)22(16,17)18;2*7-6-4-2-1-3-5-6/h1-8H,(H,13,14,15)(H,16,17,18);2*1-5H,7H2. The van der Waals surface area contributed by atoms with Gasteiger partial charge in [-0.3, -0.25) is 0 Å². The quantitative estimate of drug-likeness (QED) is 0.274. The summed E-state index contributed by atoms with van der Waals surface area (Å²) in [4.78, 5) is 0.345. The maximum atomic E-state index is 10.9. The largest absolute Gasteiger partial charge is 0.744 e. The second-order valence-corrected chi connectivity index (χ2v) is 12.0. The van der Waals surface area contributed by atoms with Gasteiger partial charge in [-0.05, 0) is 60.7 Å².